The number of aromatic nitrogens is 2. The van der Waals surface area contributed by atoms with Gasteiger partial charge in [-0.3, -0.25) is 9.13 Å². The molecule has 0 radical (unpaired) electrons. The lowest BCUT2D eigenvalue weighted by atomic mass is 9.99. The maximum Gasteiger partial charge on any atom is 0.336 e. The molecular formula is C26H32N2O3. The van der Waals surface area contributed by atoms with Gasteiger partial charge in [-0.2, -0.15) is 0 Å². The molecule has 3 rings (SSSR count). The van der Waals surface area contributed by atoms with Crippen molar-refractivity contribution in [3.63, 3.8) is 0 Å². The van der Waals surface area contributed by atoms with Crippen molar-refractivity contribution in [3.05, 3.63) is 81.5 Å². The molecule has 1 unspecified atom stereocenters. The van der Waals surface area contributed by atoms with E-state index < -0.39 is 5.97 Å². The number of aromatic carboxylic acids is 1. The first-order valence-electron chi connectivity index (χ1n) is 11.1. The Morgan fingerprint density at radius 3 is 2.35 bits per heavy atom. The number of rotatable bonds is 9. The molecule has 0 aliphatic carbocycles. The summed E-state index contributed by atoms with van der Waals surface area (Å²) in [6.45, 7) is 8.94. The summed E-state index contributed by atoms with van der Waals surface area (Å²) in [5, 5.41) is 9.46. The minimum atomic E-state index is -0.936. The molecule has 3 aromatic rings. The predicted octanol–water partition coefficient (Wildman–Crippen LogP) is 5.69. The molecule has 0 bridgehead atoms. The second-order valence-corrected chi connectivity index (χ2v) is 8.18. The molecule has 1 N–H and O–H groups in total. The Labute approximate surface area is 184 Å². The van der Waals surface area contributed by atoms with Crippen LogP contribution >= 0.6 is 0 Å². The first-order chi connectivity index (χ1) is 14.9. The van der Waals surface area contributed by atoms with Crippen molar-refractivity contribution in [1.82, 2.24) is 9.13 Å². The molecule has 164 valence electrons. The highest BCUT2D eigenvalue weighted by Crippen LogP contribution is 2.25. The van der Waals surface area contributed by atoms with E-state index in [-0.39, 0.29) is 17.3 Å². The smallest absolute Gasteiger partial charge is 0.336 e. The lowest BCUT2D eigenvalue weighted by Crippen LogP contribution is -2.27. The van der Waals surface area contributed by atoms with E-state index in [2.05, 4.69) is 27.7 Å². The Bertz CT molecular complexity index is 1110. The summed E-state index contributed by atoms with van der Waals surface area (Å²) in [5.41, 5.74) is 5.10. The van der Waals surface area contributed by atoms with Crippen LogP contribution < -0.4 is 5.69 Å². The van der Waals surface area contributed by atoms with Gasteiger partial charge in [-0.1, -0.05) is 62.7 Å². The van der Waals surface area contributed by atoms with E-state index in [0.717, 1.165) is 48.2 Å². The normalized spacial score (nSPS) is 12.1. The maximum atomic E-state index is 13.2. The van der Waals surface area contributed by atoms with Gasteiger partial charge in [0.1, 0.15) is 0 Å². The van der Waals surface area contributed by atoms with Crippen LogP contribution in [0, 0.1) is 6.92 Å². The summed E-state index contributed by atoms with van der Waals surface area (Å²) in [7, 11) is 0. The van der Waals surface area contributed by atoms with Crippen LogP contribution in [0.4, 0.5) is 0 Å². The molecule has 0 aliphatic heterocycles. The Hall–Kier alpha value is -3.08. The van der Waals surface area contributed by atoms with Crippen LogP contribution in [0.5, 0.6) is 0 Å². The van der Waals surface area contributed by atoms with Crippen LogP contribution in [-0.4, -0.2) is 20.2 Å². The predicted molar refractivity (Wildman–Crippen MR) is 125 cm³/mol. The highest BCUT2D eigenvalue weighted by molar-refractivity contribution is 5.95. The molecule has 31 heavy (non-hydrogen) atoms. The maximum absolute atomic E-state index is 13.2. The molecule has 1 aromatic heterocycles. The minimum Gasteiger partial charge on any atom is -0.478 e. The van der Waals surface area contributed by atoms with Crippen LogP contribution in [0.2, 0.25) is 0 Å². The van der Waals surface area contributed by atoms with E-state index in [9.17, 15) is 14.7 Å². The first-order valence-corrected chi connectivity index (χ1v) is 11.1. The van der Waals surface area contributed by atoms with Gasteiger partial charge < -0.3 is 5.11 Å². The fraction of sp³-hybridized carbons (Fsp3) is 0.385. The highest BCUT2D eigenvalue weighted by atomic mass is 16.4. The van der Waals surface area contributed by atoms with Gasteiger partial charge in [0.05, 0.1) is 12.1 Å². The SMILES string of the molecule is CCCCc1c(C)n(C(C)CC)c(=O)n1Cc1ccc(-c2ccccc2C(=O)O)cc1. The van der Waals surface area contributed by atoms with Crippen LogP contribution in [0.3, 0.4) is 0 Å². The van der Waals surface area contributed by atoms with E-state index in [1.165, 1.54) is 0 Å². The zero-order valence-electron chi connectivity index (χ0n) is 18.9. The molecular weight excluding hydrogens is 388 g/mol. The number of hydrogen-bond acceptors (Lipinski definition) is 2. The number of hydrogen-bond donors (Lipinski definition) is 1. The third kappa shape index (κ3) is 4.66. The Kier molecular flexibility index (Phi) is 7.16. The number of carboxylic acids is 1. The molecule has 0 fully saturated rings. The zero-order chi connectivity index (χ0) is 22.5. The Morgan fingerprint density at radius 2 is 1.74 bits per heavy atom. The van der Waals surface area contributed by atoms with Gasteiger partial charge in [-0.15, -0.1) is 0 Å². The molecule has 0 aliphatic rings. The van der Waals surface area contributed by atoms with E-state index in [1.54, 1.807) is 12.1 Å². The summed E-state index contributed by atoms with van der Waals surface area (Å²) in [6, 6.07) is 15.0. The Balaban J connectivity index is 1.96. The largest absolute Gasteiger partial charge is 0.478 e. The lowest BCUT2D eigenvalue weighted by Gasteiger charge is -2.11. The number of unbranched alkanes of at least 4 members (excludes halogenated alkanes) is 1. The van der Waals surface area contributed by atoms with Crippen LogP contribution in [0.25, 0.3) is 11.1 Å². The number of carboxylic acid groups (broad SMARTS) is 1. The molecule has 5 heteroatoms. The van der Waals surface area contributed by atoms with Gasteiger partial charge in [0.25, 0.3) is 0 Å². The van der Waals surface area contributed by atoms with E-state index in [4.69, 9.17) is 0 Å². The lowest BCUT2D eigenvalue weighted by molar-refractivity contribution is 0.0697. The second-order valence-electron chi connectivity index (χ2n) is 8.18. The van der Waals surface area contributed by atoms with Crippen molar-refractivity contribution in [3.8, 4) is 11.1 Å². The van der Waals surface area contributed by atoms with Gasteiger partial charge in [0.15, 0.2) is 0 Å². The fourth-order valence-corrected chi connectivity index (χ4v) is 4.14. The zero-order valence-corrected chi connectivity index (χ0v) is 18.9. The average Bonchev–Trinajstić information content (AvgIpc) is 3.01. The Morgan fingerprint density at radius 1 is 1.06 bits per heavy atom. The summed E-state index contributed by atoms with van der Waals surface area (Å²) in [5.74, 6) is -0.936. The van der Waals surface area contributed by atoms with Crippen LogP contribution in [0.15, 0.2) is 53.3 Å². The van der Waals surface area contributed by atoms with E-state index in [1.807, 2.05) is 45.5 Å². The van der Waals surface area contributed by atoms with Crippen LogP contribution in [0.1, 0.15) is 73.4 Å². The summed E-state index contributed by atoms with van der Waals surface area (Å²) < 4.78 is 3.85. The molecule has 0 spiro atoms. The minimum absolute atomic E-state index is 0.0539. The molecule has 0 saturated carbocycles. The van der Waals surface area contributed by atoms with Crippen LogP contribution in [-0.2, 0) is 13.0 Å². The van der Waals surface area contributed by atoms with Gasteiger partial charge in [-0.25, -0.2) is 9.59 Å². The molecule has 2 aromatic carbocycles. The summed E-state index contributed by atoms with van der Waals surface area (Å²) in [4.78, 5) is 24.8. The third-order valence-electron chi connectivity index (χ3n) is 6.10. The first kappa shape index (κ1) is 22.6. The van der Waals surface area contributed by atoms with E-state index in [0.29, 0.717) is 12.1 Å². The quantitative estimate of drug-likeness (QED) is 0.484. The van der Waals surface area contributed by atoms with Crippen molar-refractivity contribution in [2.75, 3.05) is 0 Å². The number of carbonyl (C=O) groups is 1. The van der Waals surface area contributed by atoms with Crippen molar-refractivity contribution in [1.29, 1.82) is 0 Å². The molecule has 0 amide bonds. The monoisotopic (exact) mass is 420 g/mol. The van der Waals surface area contributed by atoms with E-state index >= 15 is 0 Å². The van der Waals surface area contributed by atoms with Gasteiger partial charge in [0, 0.05) is 17.4 Å². The molecule has 1 heterocycles. The number of nitrogens with zero attached hydrogens (tertiary/aromatic N) is 2. The topological polar surface area (TPSA) is 64.2 Å². The van der Waals surface area contributed by atoms with Gasteiger partial charge in [0.2, 0.25) is 0 Å². The average molecular weight is 421 g/mol. The highest BCUT2D eigenvalue weighted by Gasteiger charge is 2.19. The molecule has 1 atom stereocenters. The summed E-state index contributed by atoms with van der Waals surface area (Å²) >= 11 is 0. The van der Waals surface area contributed by atoms with Crippen molar-refractivity contribution in [2.24, 2.45) is 0 Å². The molecule has 0 saturated heterocycles. The third-order valence-corrected chi connectivity index (χ3v) is 6.10. The fourth-order valence-electron chi connectivity index (χ4n) is 4.14. The van der Waals surface area contributed by atoms with Gasteiger partial charge >= 0.3 is 11.7 Å². The van der Waals surface area contributed by atoms with Crippen molar-refractivity contribution >= 4 is 5.97 Å². The van der Waals surface area contributed by atoms with Gasteiger partial charge in [-0.05, 0) is 55.9 Å². The number of imidazole rings is 1. The second kappa shape index (κ2) is 9.82. The summed E-state index contributed by atoms with van der Waals surface area (Å²) in [6.07, 6.45) is 3.94. The molecule has 5 nitrogen and oxygen atoms in total. The number of benzene rings is 2. The standard InChI is InChI=1S/C26H32N2O3/c1-5-7-12-24-19(4)28(18(3)6-2)26(31)27(24)17-20-13-15-21(16-14-20)22-10-8-9-11-23(22)25(29)30/h8-11,13-16,18H,5-7,12,17H2,1-4H3,(H,29,30). The van der Waals surface area contributed by atoms with Crippen molar-refractivity contribution < 1.29 is 9.90 Å². The van der Waals surface area contributed by atoms with Crippen molar-refractivity contribution in [2.45, 2.75) is 66.0 Å².